The van der Waals surface area contributed by atoms with Gasteiger partial charge in [0.2, 0.25) is 5.91 Å². The Hall–Kier alpha value is -2.04. The van der Waals surface area contributed by atoms with Crippen molar-refractivity contribution in [3.63, 3.8) is 0 Å². The Morgan fingerprint density at radius 3 is 2.68 bits per heavy atom. The van der Waals surface area contributed by atoms with Crippen molar-refractivity contribution in [2.75, 3.05) is 34.4 Å². The number of nitrogens with one attached hydrogen (secondary N) is 2. The summed E-state index contributed by atoms with van der Waals surface area (Å²) in [5, 5.41) is 6.60. The van der Waals surface area contributed by atoms with E-state index in [0.717, 1.165) is 18.5 Å². The highest BCUT2D eigenvalue weighted by Crippen LogP contribution is 2.21. The highest BCUT2D eigenvalue weighted by Gasteiger charge is 2.25. The number of carbonyl (C=O) groups is 2. The number of carbonyl (C=O) groups excluding carboxylic acids is 2. The average Bonchev–Trinajstić information content (AvgIpc) is 3.18. The minimum atomic E-state index is -0.434. The molecular weight excluding hydrogens is 475 g/mol. The van der Waals surface area contributed by atoms with E-state index in [9.17, 15) is 9.59 Å². The molecule has 28 heavy (non-hydrogen) atoms. The maximum Gasteiger partial charge on any atom is 0.341 e. The van der Waals surface area contributed by atoms with Gasteiger partial charge in [-0.3, -0.25) is 9.79 Å². The summed E-state index contributed by atoms with van der Waals surface area (Å²) in [6, 6.07) is 5.50. The summed E-state index contributed by atoms with van der Waals surface area (Å²) in [4.78, 5) is 29.6. The van der Waals surface area contributed by atoms with E-state index in [-0.39, 0.29) is 35.9 Å². The van der Waals surface area contributed by atoms with Crippen molar-refractivity contribution in [1.82, 2.24) is 15.5 Å². The lowest BCUT2D eigenvalue weighted by Crippen LogP contribution is -2.44. The van der Waals surface area contributed by atoms with Gasteiger partial charge in [0, 0.05) is 39.1 Å². The van der Waals surface area contributed by atoms with Crippen molar-refractivity contribution in [2.24, 2.45) is 4.99 Å². The zero-order valence-electron chi connectivity index (χ0n) is 16.8. The molecule has 1 unspecified atom stereocenters. The van der Waals surface area contributed by atoms with Gasteiger partial charge in [-0.15, -0.1) is 24.0 Å². The fourth-order valence-corrected chi connectivity index (χ4v) is 3.03. The van der Waals surface area contributed by atoms with Gasteiger partial charge in [-0.1, -0.05) is 13.0 Å². The van der Waals surface area contributed by atoms with Crippen LogP contribution >= 0.6 is 24.0 Å². The molecule has 0 radical (unpaired) electrons. The molecule has 0 aliphatic carbocycles. The molecule has 0 bridgehead atoms. The maximum absolute atomic E-state index is 11.8. The van der Waals surface area contributed by atoms with Gasteiger partial charge in [-0.2, -0.15) is 0 Å². The number of halogens is 1. The lowest BCUT2D eigenvalue weighted by atomic mass is 10.1. The molecule has 1 saturated heterocycles. The fraction of sp³-hybridized carbons (Fsp3) is 0.526. The number of ether oxygens (including phenoxy) is 2. The molecule has 2 rings (SSSR count). The monoisotopic (exact) mass is 504 g/mol. The van der Waals surface area contributed by atoms with Crippen molar-refractivity contribution in [3.8, 4) is 5.75 Å². The number of esters is 1. The van der Waals surface area contributed by atoms with Gasteiger partial charge < -0.3 is 25.0 Å². The van der Waals surface area contributed by atoms with Gasteiger partial charge >= 0.3 is 5.97 Å². The van der Waals surface area contributed by atoms with E-state index >= 15 is 0 Å². The van der Waals surface area contributed by atoms with Gasteiger partial charge in [-0.05, 0) is 24.1 Å². The number of aliphatic imine (C=N–C) groups is 1. The number of methoxy groups -OCH3 is 2. The first kappa shape index (κ1) is 24.0. The van der Waals surface area contributed by atoms with E-state index in [2.05, 4.69) is 15.6 Å². The van der Waals surface area contributed by atoms with Gasteiger partial charge in [0.05, 0.1) is 14.2 Å². The van der Waals surface area contributed by atoms with Gasteiger partial charge in [0.1, 0.15) is 11.3 Å². The Kier molecular flexibility index (Phi) is 10.0. The fourth-order valence-electron chi connectivity index (χ4n) is 3.03. The predicted octanol–water partition coefficient (Wildman–Crippen LogP) is 1.78. The van der Waals surface area contributed by atoms with E-state index in [1.54, 1.807) is 19.2 Å². The normalized spacial score (nSPS) is 16.2. The van der Waals surface area contributed by atoms with Crippen LogP contribution in [-0.2, 0) is 16.1 Å². The smallest absolute Gasteiger partial charge is 0.341 e. The quantitative estimate of drug-likeness (QED) is 0.266. The summed E-state index contributed by atoms with van der Waals surface area (Å²) in [6.45, 7) is 3.85. The molecule has 1 aliphatic heterocycles. The zero-order valence-corrected chi connectivity index (χ0v) is 19.1. The molecule has 0 aromatic heterocycles. The number of nitrogens with zero attached hydrogens (tertiary/aromatic N) is 2. The van der Waals surface area contributed by atoms with Crippen molar-refractivity contribution in [3.05, 3.63) is 29.3 Å². The number of benzene rings is 1. The van der Waals surface area contributed by atoms with Crippen LogP contribution in [0.4, 0.5) is 0 Å². The number of guanidine groups is 1. The Morgan fingerprint density at radius 2 is 2.07 bits per heavy atom. The molecule has 8 nitrogen and oxygen atoms in total. The topological polar surface area (TPSA) is 92.3 Å². The van der Waals surface area contributed by atoms with E-state index in [0.29, 0.717) is 36.8 Å². The minimum Gasteiger partial charge on any atom is -0.496 e. The second-order valence-corrected chi connectivity index (χ2v) is 6.28. The number of rotatable bonds is 6. The van der Waals surface area contributed by atoms with Crippen LogP contribution in [-0.4, -0.2) is 63.1 Å². The molecule has 1 aromatic rings. The van der Waals surface area contributed by atoms with E-state index in [4.69, 9.17) is 9.47 Å². The first-order chi connectivity index (χ1) is 13.0. The summed E-state index contributed by atoms with van der Waals surface area (Å²) in [5.74, 6) is 0.881. The third-order valence-corrected chi connectivity index (χ3v) is 4.54. The van der Waals surface area contributed by atoms with Crippen LogP contribution in [0.2, 0.25) is 0 Å². The summed E-state index contributed by atoms with van der Waals surface area (Å²) < 4.78 is 10.0. The van der Waals surface area contributed by atoms with Gasteiger partial charge in [0.25, 0.3) is 0 Å². The summed E-state index contributed by atoms with van der Waals surface area (Å²) >= 11 is 0. The maximum atomic E-state index is 11.8. The van der Waals surface area contributed by atoms with E-state index in [1.807, 2.05) is 17.9 Å². The molecule has 1 fully saturated rings. The summed E-state index contributed by atoms with van der Waals surface area (Å²) in [5.41, 5.74) is 1.33. The molecule has 1 aliphatic rings. The van der Waals surface area contributed by atoms with Crippen molar-refractivity contribution < 1.29 is 19.1 Å². The Labute approximate surface area is 183 Å². The molecule has 0 saturated carbocycles. The highest BCUT2D eigenvalue weighted by atomic mass is 127. The lowest BCUT2D eigenvalue weighted by Gasteiger charge is -2.19. The van der Waals surface area contributed by atoms with Crippen molar-refractivity contribution in [1.29, 1.82) is 0 Å². The molecular formula is C19H29IN4O4. The third kappa shape index (κ3) is 6.25. The summed E-state index contributed by atoms with van der Waals surface area (Å²) in [6.07, 6.45) is 1.43. The highest BCUT2D eigenvalue weighted by molar-refractivity contribution is 14.0. The van der Waals surface area contributed by atoms with Gasteiger partial charge in [0.15, 0.2) is 5.96 Å². The number of likely N-dealkylation sites (tertiary alicyclic amines) is 1. The van der Waals surface area contributed by atoms with Crippen LogP contribution in [0.1, 0.15) is 35.7 Å². The number of amides is 1. The first-order valence-electron chi connectivity index (χ1n) is 9.02. The van der Waals surface area contributed by atoms with Crippen LogP contribution in [0.3, 0.4) is 0 Å². The molecule has 2 N–H and O–H groups in total. The van der Waals surface area contributed by atoms with Crippen molar-refractivity contribution >= 4 is 41.8 Å². The molecule has 1 amide bonds. The van der Waals surface area contributed by atoms with Crippen molar-refractivity contribution in [2.45, 2.75) is 32.4 Å². The Bertz CT molecular complexity index is 711. The molecule has 0 spiro atoms. The third-order valence-electron chi connectivity index (χ3n) is 4.54. The van der Waals surface area contributed by atoms with Crippen LogP contribution < -0.4 is 15.4 Å². The lowest BCUT2D eigenvalue weighted by molar-refractivity contribution is -0.129. The van der Waals surface area contributed by atoms with E-state index < -0.39 is 5.97 Å². The largest absolute Gasteiger partial charge is 0.496 e. The molecule has 1 heterocycles. The minimum absolute atomic E-state index is 0. The number of hydrogen-bond donors (Lipinski definition) is 2. The molecule has 9 heteroatoms. The second-order valence-electron chi connectivity index (χ2n) is 6.28. The Balaban J connectivity index is 0.00000392. The number of hydrogen-bond acceptors (Lipinski definition) is 5. The Morgan fingerprint density at radius 1 is 1.32 bits per heavy atom. The molecule has 1 atom stereocenters. The standard InChI is InChI=1S/C19H28N4O4.HI/c1-5-17(24)23-9-8-14(12-23)22-19(20-2)21-11-13-6-7-15(18(25)27-4)16(10-13)26-3;/h6-7,10,14H,5,8-9,11-12H2,1-4H3,(H2,20,21,22);1H. The van der Waals surface area contributed by atoms with Crippen LogP contribution in [0, 0.1) is 0 Å². The van der Waals surface area contributed by atoms with Gasteiger partial charge in [-0.25, -0.2) is 4.79 Å². The van der Waals surface area contributed by atoms with E-state index in [1.165, 1.54) is 14.2 Å². The second kappa shape index (κ2) is 11.7. The average molecular weight is 504 g/mol. The summed E-state index contributed by atoms with van der Waals surface area (Å²) in [7, 11) is 4.56. The first-order valence-corrected chi connectivity index (χ1v) is 9.02. The van der Waals surface area contributed by atoms with Crippen LogP contribution in [0.5, 0.6) is 5.75 Å². The molecule has 1 aromatic carbocycles. The SMILES string of the molecule is CCC(=O)N1CCC(NC(=NC)NCc2ccc(C(=O)OC)c(OC)c2)C1.I. The predicted molar refractivity (Wildman–Crippen MR) is 118 cm³/mol. The van der Waals surface area contributed by atoms with Crippen LogP contribution in [0.15, 0.2) is 23.2 Å². The zero-order chi connectivity index (χ0) is 19.8. The van der Waals surface area contributed by atoms with Crippen LogP contribution in [0.25, 0.3) is 0 Å². The molecule has 156 valence electrons.